The minimum absolute atomic E-state index is 0.0651. The summed E-state index contributed by atoms with van der Waals surface area (Å²) < 4.78 is 7.65. The zero-order valence-corrected chi connectivity index (χ0v) is 13.3. The molecule has 1 saturated heterocycles. The van der Waals surface area contributed by atoms with Crippen molar-refractivity contribution in [3.63, 3.8) is 0 Å². The van der Waals surface area contributed by atoms with Gasteiger partial charge in [-0.2, -0.15) is 5.26 Å². The van der Waals surface area contributed by atoms with Crippen molar-refractivity contribution >= 4 is 5.82 Å². The second-order valence-corrected chi connectivity index (χ2v) is 5.66. The van der Waals surface area contributed by atoms with E-state index >= 15 is 0 Å². The number of hydrogen-bond acceptors (Lipinski definition) is 5. The molecule has 1 aliphatic heterocycles. The molecule has 1 N–H and O–H groups in total. The predicted molar refractivity (Wildman–Crippen MR) is 86.8 cm³/mol. The third-order valence-corrected chi connectivity index (χ3v) is 4.27. The Kier molecular flexibility index (Phi) is 4.89. The van der Waals surface area contributed by atoms with Crippen LogP contribution in [0.15, 0.2) is 30.6 Å². The molecule has 3 heterocycles. The first-order chi connectivity index (χ1) is 11.3. The zero-order chi connectivity index (χ0) is 16.1. The van der Waals surface area contributed by atoms with Crippen LogP contribution in [-0.2, 0) is 11.3 Å². The van der Waals surface area contributed by atoms with Crippen molar-refractivity contribution < 1.29 is 4.74 Å². The molecule has 0 radical (unpaired) electrons. The van der Waals surface area contributed by atoms with Crippen molar-refractivity contribution in [3.05, 3.63) is 42.1 Å². The van der Waals surface area contributed by atoms with Gasteiger partial charge in [0, 0.05) is 32.2 Å². The SMILES string of the molecule is CCn1ccnc1C(Nc1cccc(C#N)n1)C1CCOCC1. The number of nitriles is 1. The van der Waals surface area contributed by atoms with Crippen molar-refractivity contribution in [1.29, 1.82) is 5.26 Å². The van der Waals surface area contributed by atoms with E-state index in [9.17, 15) is 0 Å². The maximum absolute atomic E-state index is 9.04. The molecule has 120 valence electrons. The molecular formula is C17H21N5O. The molecule has 6 heteroatoms. The van der Waals surface area contributed by atoms with Crippen LogP contribution in [0.25, 0.3) is 0 Å². The molecule has 1 atom stereocenters. The molecule has 0 aliphatic carbocycles. The second-order valence-electron chi connectivity index (χ2n) is 5.66. The van der Waals surface area contributed by atoms with E-state index in [0.717, 1.165) is 38.4 Å². The Labute approximate surface area is 136 Å². The highest BCUT2D eigenvalue weighted by atomic mass is 16.5. The Bertz CT molecular complexity index is 684. The van der Waals surface area contributed by atoms with Crippen LogP contribution in [0.2, 0.25) is 0 Å². The van der Waals surface area contributed by atoms with E-state index in [1.165, 1.54) is 0 Å². The van der Waals surface area contributed by atoms with Gasteiger partial charge in [0.1, 0.15) is 23.4 Å². The smallest absolute Gasteiger partial charge is 0.142 e. The van der Waals surface area contributed by atoms with E-state index in [4.69, 9.17) is 10.00 Å². The average Bonchev–Trinajstić information content (AvgIpc) is 3.09. The topological polar surface area (TPSA) is 75.8 Å². The monoisotopic (exact) mass is 311 g/mol. The Morgan fingerprint density at radius 2 is 2.26 bits per heavy atom. The number of hydrogen-bond donors (Lipinski definition) is 1. The summed E-state index contributed by atoms with van der Waals surface area (Å²) >= 11 is 0. The van der Waals surface area contributed by atoms with Crippen molar-refractivity contribution in [2.75, 3.05) is 18.5 Å². The zero-order valence-electron chi connectivity index (χ0n) is 13.3. The highest BCUT2D eigenvalue weighted by Gasteiger charge is 2.28. The Morgan fingerprint density at radius 1 is 1.43 bits per heavy atom. The van der Waals surface area contributed by atoms with Crippen LogP contribution in [0.1, 0.15) is 37.3 Å². The molecule has 0 saturated carbocycles. The van der Waals surface area contributed by atoms with Gasteiger partial charge in [0.2, 0.25) is 0 Å². The van der Waals surface area contributed by atoms with Gasteiger partial charge in [0.15, 0.2) is 0 Å². The van der Waals surface area contributed by atoms with Gasteiger partial charge in [0.25, 0.3) is 0 Å². The number of aryl methyl sites for hydroxylation is 1. The molecule has 2 aromatic heterocycles. The van der Waals surface area contributed by atoms with Crippen LogP contribution in [0.3, 0.4) is 0 Å². The summed E-state index contributed by atoms with van der Waals surface area (Å²) in [4.78, 5) is 8.92. The summed E-state index contributed by atoms with van der Waals surface area (Å²) in [6.45, 7) is 4.55. The van der Waals surface area contributed by atoms with Crippen molar-refractivity contribution in [2.24, 2.45) is 5.92 Å². The number of aromatic nitrogens is 3. The average molecular weight is 311 g/mol. The standard InChI is InChI=1S/C17H21N5O/c1-2-22-9-8-19-17(22)16(13-6-10-23-11-7-13)21-15-5-3-4-14(12-18)20-15/h3-5,8-9,13,16H,2,6-7,10-11H2,1H3,(H,20,21). The molecule has 0 spiro atoms. The fraction of sp³-hybridized carbons (Fsp3) is 0.471. The van der Waals surface area contributed by atoms with Gasteiger partial charge < -0.3 is 14.6 Å². The number of imidazole rings is 1. The van der Waals surface area contributed by atoms with Crippen LogP contribution in [0.5, 0.6) is 0 Å². The van der Waals surface area contributed by atoms with Crippen LogP contribution in [-0.4, -0.2) is 27.7 Å². The Hall–Kier alpha value is -2.39. The lowest BCUT2D eigenvalue weighted by Crippen LogP contribution is -2.29. The number of pyridine rings is 1. The highest BCUT2D eigenvalue weighted by Crippen LogP contribution is 2.32. The molecule has 0 aromatic carbocycles. The highest BCUT2D eigenvalue weighted by molar-refractivity contribution is 5.40. The Morgan fingerprint density at radius 3 is 3.00 bits per heavy atom. The van der Waals surface area contributed by atoms with Gasteiger partial charge in [-0.15, -0.1) is 0 Å². The summed E-state index contributed by atoms with van der Waals surface area (Å²) in [6, 6.07) is 7.60. The first kappa shape index (κ1) is 15.5. The van der Waals surface area contributed by atoms with Crippen LogP contribution >= 0.6 is 0 Å². The van der Waals surface area contributed by atoms with Crippen molar-refractivity contribution in [3.8, 4) is 6.07 Å². The van der Waals surface area contributed by atoms with Gasteiger partial charge >= 0.3 is 0 Å². The maximum Gasteiger partial charge on any atom is 0.142 e. The molecule has 23 heavy (non-hydrogen) atoms. The summed E-state index contributed by atoms with van der Waals surface area (Å²) in [5.41, 5.74) is 0.416. The molecule has 3 rings (SSSR count). The predicted octanol–water partition coefficient (Wildman–Crippen LogP) is 2.75. The van der Waals surface area contributed by atoms with Crippen LogP contribution in [0.4, 0.5) is 5.82 Å². The van der Waals surface area contributed by atoms with Gasteiger partial charge in [-0.25, -0.2) is 9.97 Å². The number of ether oxygens (including phenoxy) is 1. The van der Waals surface area contributed by atoms with E-state index in [-0.39, 0.29) is 6.04 Å². The number of nitrogens with zero attached hydrogens (tertiary/aromatic N) is 4. The molecular weight excluding hydrogens is 290 g/mol. The first-order valence-electron chi connectivity index (χ1n) is 8.04. The van der Waals surface area contributed by atoms with E-state index in [1.807, 2.05) is 24.5 Å². The Balaban J connectivity index is 1.89. The van der Waals surface area contributed by atoms with Gasteiger partial charge in [0.05, 0.1) is 6.04 Å². The second kappa shape index (κ2) is 7.25. The maximum atomic E-state index is 9.04. The van der Waals surface area contributed by atoms with Crippen LogP contribution in [0, 0.1) is 17.2 Å². The molecule has 6 nitrogen and oxygen atoms in total. The van der Waals surface area contributed by atoms with E-state index < -0.39 is 0 Å². The summed E-state index contributed by atoms with van der Waals surface area (Å²) in [5, 5.41) is 12.5. The minimum atomic E-state index is 0.0651. The summed E-state index contributed by atoms with van der Waals surface area (Å²) in [7, 11) is 0. The quantitative estimate of drug-likeness (QED) is 0.919. The lowest BCUT2D eigenvalue weighted by atomic mass is 9.91. The largest absolute Gasteiger partial charge is 0.381 e. The van der Waals surface area contributed by atoms with E-state index in [0.29, 0.717) is 17.4 Å². The van der Waals surface area contributed by atoms with Crippen molar-refractivity contribution in [2.45, 2.75) is 32.4 Å². The minimum Gasteiger partial charge on any atom is -0.381 e. The molecule has 1 unspecified atom stereocenters. The summed E-state index contributed by atoms with van der Waals surface area (Å²) in [5.74, 6) is 2.17. The van der Waals surface area contributed by atoms with Crippen LogP contribution < -0.4 is 5.32 Å². The number of anilines is 1. The molecule has 0 amide bonds. The fourth-order valence-corrected chi connectivity index (χ4v) is 3.05. The number of nitrogens with one attached hydrogen (secondary N) is 1. The third kappa shape index (κ3) is 3.51. The molecule has 0 bridgehead atoms. The lowest BCUT2D eigenvalue weighted by Gasteiger charge is -2.31. The van der Waals surface area contributed by atoms with Gasteiger partial charge in [-0.05, 0) is 37.8 Å². The normalized spacial score (nSPS) is 16.7. The van der Waals surface area contributed by atoms with E-state index in [2.05, 4.69) is 32.8 Å². The van der Waals surface area contributed by atoms with E-state index in [1.54, 1.807) is 6.07 Å². The molecule has 2 aromatic rings. The van der Waals surface area contributed by atoms with Gasteiger partial charge in [-0.3, -0.25) is 0 Å². The fourth-order valence-electron chi connectivity index (χ4n) is 3.05. The summed E-state index contributed by atoms with van der Waals surface area (Å²) in [6.07, 6.45) is 5.83. The van der Waals surface area contributed by atoms with Crippen molar-refractivity contribution in [1.82, 2.24) is 14.5 Å². The molecule has 1 aliphatic rings. The first-order valence-corrected chi connectivity index (χ1v) is 8.04. The lowest BCUT2D eigenvalue weighted by molar-refractivity contribution is 0.0593. The third-order valence-electron chi connectivity index (χ3n) is 4.27. The molecule has 1 fully saturated rings. The van der Waals surface area contributed by atoms with Gasteiger partial charge in [-0.1, -0.05) is 6.07 Å². The number of rotatable bonds is 5.